The van der Waals surface area contributed by atoms with Crippen molar-refractivity contribution in [3.63, 3.8) is 0 Å². The van der Waals surface area contributed by atoms with Crippen molar-refractivity contribution < 1.29 is 0 Å². The van der Waals surface area contributed by atoms with E-state index in [2.05, 4.69) is 43.6 Å². The normalized spacial score (nSPS) is 9.77. The second kappa shape index (κ2) is 4.98. The molecule has 0 saturated heterocycles. The van der Waals surface area contributed by atoms with Crippen LogP contribution in [0.4, 0.5) is 11.8 Å². The Morgan fingerprint density at radius 2 is 2.38 bits per heavy atom. The fraction of sp³-hybridized carbons (Fsp3) is 0.429. The molecule has 1 rings (SSSR count). The van der Waals surface area contributed by atoms with Crippen molar-refractivity contribution in [3.8, 4) is 0 Å². The second-order valence-corrected chi connectivity index (χ2v) is 3.32. The molecule has 13 heavy (non-hydrogen) atoms. The van der Waals surface area contributed by atoms with Gasteiger partial charge in [-0.15, -0.1) is 0 Å². The quantitative estimate of drug-likeness (QED) is 0.552. The van der Waals surface area contributed by atoms with Gasteiger partial charge < -0.3 is 5.32 Å². The number of aromatic nitrogens is 2. The minimum atomic E-state index is 0.404. The van der Waals surface area contributed by atoms with Crippen molar-refractivity contribution in [2.75, 3.05) is 17.3 Å². The Bertz CT molecular complexity index is 278. The molecule has 0 aliphatic rings. The van der Waals surface area contributed by atoms with Crippen LogP contribution in [0.25, 0.3) is 0 Å². The minimum absolute atomic E-state index is 0.404. The summed E-state index contributed by atoms with van der Waals surface area (Å²) in [5.74, 6) is 6.34. The molecule has 0 fully saturated rings. The molecule has 4 N–H and O–H groups in total. The van der Waals surface area contributed by atoms with E-state index >= 15 is 0 Å². The van der Waals surface area contributed by atoms with Crippen molar-refractivity contribution >= 4 is 27.7 Å². The molecule has 0 unspecified atom stereocenters. The first-order valence-corrected chi connectivity index (χ1v) is 4.80. The van der Waals surface area contributed by atoms with E-state index in [1.807, 2.05) is 0 Å². The van der Waals surface area contributed by atoms with E-state index in [0.29, 0.717) is 5.95 Å². The molecule has 0 aliphatic carbocycles. The monoisotopic (exact) mass is 245 g/mol. The molecule has 1 heterocycles. The number of nitrogens with zero attached hydrogens (tertiary/aromatic N) is 2. The van der Waals surface area contributed by atoms with Crippen molar-refractivity contribution in [3.05, 3.63) is 10.7 Å². The Morgan fingerprint density at radius 1 is 1.62 bits per heavy atom. The van der Waals surface area contributed by atoms with Crippen LogP contribution in [0.3, 0.4) is 0 Å². The topological polar surface area (TPSA) is 75.9 Å². The van der Waals surface area contributed by atoms with E-state index in [4.69, 9.17) is 5.84 Å². The van der Waals surface area contributed by atoms with Gasteiger partial charge in [-0.3, -0.25) is 5.43 Å². The summed E-state index contributed by atoms with van der Waals surface area (Å²) in [5.41, 5.74) is 2.39. The summed E-state index contributed by atoms with van der Waals surface area (Å²) >= 11 is 3.33. The zero-order chi connectivity index (χ0) is 9.68. The van der Waals surface area contributed by atoms with E-state index in [1.54, 1.807) is 6.20 Å². The molecule has 0 radical (unpaired) electrons. The van der Waals surface area contributed by atoms with Gasteiger partial charge in [-0.2, -0.15) is 4.98 Å². The molecule has 72 valence electrons. The van der Waals surface area contributed by atoms with Gasteiger partial charge in [0.15, 0.2) is 0 Å². The summed E-state index contributed by atoms with van der Waals surface area (Å²) in [4.78, 5) is 8.05. The first-order chi connectivity index (χ1) is 6.27. The lowest BCUT2D eigenvalue weighted by atomic mass is 10.4. The van der Waals surface area contributed by atoms with Crippen molar-refractivity contribution in [2.24, 2.45) is 5.84 Å². The maximum absolute atomic E-state index is 5.18. The van der Waals surface area contributed by atoms with Gasteiger partial charge in [0.2, 0.25) is 5.95 Å². The molecule has 1 aromatic heterocycles. The predicted molar refractivity (Wildman–Crippen MR) is 56.3 cm³/mol. The lowest BCUT2D eigenvalue weighted by Gasteiger charge is -2.06. The Labute approximate surface area is 85.2 Å². The van der Waals surface area contributed by atoms with Gasteiger partial charge in [0, 0.05) is 12.7 Å². The maximum atomic E-state index is 5.18. The third-order valence-corrected chi connectivity index (χ3v) is 2.00. The third-order valence-electron chi connectivity index (χ3n) is 1.42. The number of nitrogens with one attached hydrogen (secondary N) is 2. The lowest BCUT2D eigenvalue weighted by Crippen LogP contribution is -2.12. The molecule has 0 aliphatic heterocycles. The standard InChI is InChI=1S/C7H12BrN5/c1-2-3-10-6-5(8)4-11-7(12-6)13-9/h4H,2-3,9H2,1H3,(H2,10,11,12,13). The Kier molecular flexibility index (Phi) is 3.91. The van der Waals surface area contributed by atoms with E-state index in [0.717, 1.165) is 23.3 Å². The molecule has 0 saturated carbocycles. The number of rotatable bonds is 4. The summed E-state index contributed by atoms with van der Waals surface area (Å²) in [6.45, 7) is 2.96. The van der Waals surface area contributed by atoms with E-state index in [-0.39, 0.29) is 0 Å². The second-order valence-electron chi connectivity index (χ2n) is 2.46. The molecule has 0 aromatic carbocycles. The number of nitrogens with two attached hydrogens (primary N) is 1. The number of halogens is 1. The number of hydrazine groups is 1. The highest BCUT2D eigenvalue weighted by Crippen LogP contribution is 2.19. The van der Waals surface area contributed by atoms with Crippen LogP contribution in [0.1, 0.15) is 13.3 Å². The molecule has 0 bridgehead atoms. The molecule has 5 nitrogen and oxygen atoms in total. The van der Waals surface area contributed by atoms with E-state index in [1.165, 1.54) is 0 Å². The SMILES string of the molecule is CCCNc1nc(NN)ncc1Br. The van der Waals surface area contributed by atoms with Crippen molar-refractivity contribution in [2.45, 2.75) is 13.3 Å². The van der Waals surface area contributed by atoms with Crippen LogP contribution in [0.2, 0.25) is 0 Å². The molecule has 0 amide bonds. The number of hydrogen-bond donors (Lipinski definition) is 3. The van der Waals surface area contributed by atoms with Crippen LogP contribution in [0, 0.1) is 0 Å². The first kappa shape index (κ1) is 10.2. The van der Waals surface area contributed by atoms with Crippen LogP contribution in [-0.4, -0.2) is 16.5 Å². The van der Waals surface area contributed by atoms with Gasteiger partial charge in [0.25, 0.3) is 0 Å². The van der Waals surface area contributed by atoms with Gasteiger partial charge in [0.05, 0.1) is 4.47 Å². The Morgan fingerprint density at radius 3 is 3.00 bits per heavy atom. The first-order valence-electron chi connectivity index (χ1n) is 4.01. The predicted octanol–water partition coefficient (Wildman–Crippen LogP) is 1.35. The fourth-order valence-corrected chi connectivity index (χ4v) is 1.14. The van der Waals surface area contributed by atoms with Crippen molar-refractivity contribution in [1.29, 1.82) is 0 Å². The summed E-state index contributed by atoms with van der Waals surface area (Å²) in [6, 6.07) is 0. The zero-order valence-electron chi connectivity index (χ0n) is 7.34. The summed E-state index contributed by atoms with van der Waals surface area (Å²) in [5, 5.41) is 3.14. The zero-order valence-corrected chi connectivity index (χ0v) is 8.93. The average Bonchev–Trinajstić information content (AvgIpc) is 2.17. The lowest BCUT2D eigenvalue weighted by molar-refractivity contribution is 0.961. The van der Waals surface area contributed by atoms with Crippen molar-refractivity contribution in [1.82, 2.24) is 9.97 Å². The summed E-state index contributed by atoms with van der Waals surface area (Å²) in [7, 11) is 0. The van der Waals surface area contributed by atoms with E-state index in [9.17, 15) is 0 Å². The number of hydrogen-bond acceptors (Lipinski definition) is 5. The van der Waals surface area contributed by atoms with Crippen LogP contribution < -0.4 is 16.6 Å². The van der Waals surface area contributed by atoms with E-state index < -0.39 is 0 Å². The van der Waals surface area contributed by atoms with Crippen LogP contribution in [0.5, 0.6) is 0 Å². The Balaban J connectivity index is 2.78. The summed E-state index contributed by atoms with van der Waals surface area (Å²) in [6.07, 6.45) is 2.70. The average molecular weight is 246 g/mol. The Hall–Kier alpha value is -0.880. The molecular weight excluding hydrogens is 234 g/mol. The van der Waals surface area contributed by atoms with Gasteiger partial charge in [0.1, 0.15) is 5.82 Å². The van der Waals surface area contributed by atoms with Gasteiger partial charge >= 0.3 is 0 Å². The van der Waals surface area contributed by atoms with Gasteiger partial charge in [-0.05, 0) is 22.4 Å². The molecule has 6 heteroatoms. The molecule has 0 spiro atoms. The smallest absolute Gasteiger partial charge is 0.239 e. The third kappa shape index (κ3) is 2.82. The highest BCUT2D eigenvalue weighted by molar-refractivity contribution is 9.10. The summed E-state index contributed by atoms with van der Waals surface area (Å²) < 4.78 is 0.833. The maximum Gasteiger partial charge on any atom is 0.239 e. The number of nitrogen functional groups attached to an aromatic ring is 1. The minimum Gasteiger partial charge on any atom is -0.369 e. The highest BCUT2D eigenvalue weighted by atomic mass is 79.9. The van der Waals surface area contributed by atoms with Crippen LogP contribution in [-0.2, 0) is 0 Å². The van der Waals surface area contributed by atoms with Gasteiger partial charge in [-0.25, -0.2) is 10.8 Å². The molecular formula is C7H12BrN5. The highest BCUT2D eigenvalue weighted by Gasteiger charge is 2.02. The largest absolute Gasteiger partial charge is 0.369 e. The molecule has 1 aromatic rings. The van der Waals surface area contributed by atoms with Crippen LogP contribution in [0.15, 0.2) is 10.7 Å². The fourth-order valence-electron chi connectivity index (χ4n) is 0.804. The molecule has 0 atom stereocenters. The van der Waals surface area contributed by atoms with Crippen LogP contribution >= 0.6 is 15.9 Å². The van der Waals surface area contributed by atoms with Gasteiger partial charge in [-0.1, -0.05) is 6.92 Å². The number of anilines is 2.